The summed E-state index contributed by atoms with van der Waals surface area (Å²) in [4.78, 5) is 2.12. The molecule has 0 saturated carbocycles. The first-order chi connectivity index (χ1) is 3.81. The van der Waals surface area contributed by atoms with Crippen molar-refractivity contribution in [1.29, 1.82) is 0 Å². The molecule has 0 amide bonds. The second-order valence-corrected chi connectivity index (χ2v) is 1.88. The van der Waals surface area contributed by atoms with Crippen molar-refractivity contribution >= 4 is 0 Å². The molecule has 0 saturated heterocycles. The predicted octanol–water partition coefficient (Wildman–Crippen LogP) is -0.946. The molecular weight excluding hydrogens is 102 g/mol. The number of nitrogens with one attached hydrogen (secondary N) is 1. The van der Waals surface area contributed by atoms with Gasteiger partial charge in [-0.2, -0.15) is 0 Å². The summed E-state index contributed by atoms with van der Waals surface area (Å²) in [7, 11) is 3.95. The standard InChI is InChI=1S/C5H15N3/c1-7-5-8(2)4-3-6/h7H,3-6H2,1-2H3. The molecule has 0 aromatic heterocycles. The number of nitrogens with zero attached hydrogens (tertiary/aromatic N) is 1. The number of rotatable bonds is 4. The summed E-state index contributed by atoms with van der Waals surface area (Å²) in [5.41, 5.74) is 5.29. The maximum Gasteiger partial charge on any atom is 0.0475 e. The van der Waals surface area contributed by atoms with Crippen molar-refractivity contribution in [2.75, 3.05) is 33.9 Å². The van der Waals surface area contributed by atoms with Gasteiger partial charge in [-0.25, -0.2) is 0 Å². The fourth-order valence-electron chi connectivity index (χ4n) is 0.569. The molecule has 0 aliphatic heterocycles. The Labute approximate surface area is 50.8 Å². The maximum atomic E-state index is 5.29. The Kier molecular flexibility index (Phi) is 4.95. The quantitative estimate of drug-likeness (QED) is 0.467. The molecule has 0 aromatic carbocycles. The molecule has 0 atom stereocenters. The molecule has 3 N–H and O–H groups in total. The Hall–Kier alpha value is -0.120. The average molecular weight is 117 g/mol. The van der Waals surface area contributed by atoms with E-state index in [2.05, 4.69) is 10.2 Å². The van der Waals surface area contributed by atoms with Gasteiger partial charge in [0, 0.05) is 19.8 Å². The van der Waals surface area contributed by atoms with E-state index >= 15 is 0 Å². The van der Waals surface area contributed by atoms with Crippen molar-refractivity contribution in [1.82, 2.24) is 10.2 Å². The first-order valence-corrected chi connectivity index (χ1v) is 2.84. The minimum atomic E-state index is 0.734. The van der Waals surface area contributed by atoms with Gasteiger partial charge in [-0.3, -0.25) is 4.90 Å². The van der Waals surface area contributed by atoms with E-state index in [4.69, 9.17) is 5.73 Å². The topological polar surface area (TPSA) is 41.3 Å². The van der Waals surface area contributed by atoms with Crippen LogP contribution in [0.1, 0.15) is 0 Å². The van der Waals surface area contributed by atoms with E-state index < -0.39 is 0 Å². The van der Waals surface area contributed by atoms with Gasteiger partial charge in [-0.15, -0.1) is 0 Å². The summed E-state index contributed by atoms with van der Waals surface area (Å²) >= 11 is 0. The molecule has 0 aliphatic carbocycles. The van der Waals surface area contributed by atoms with Crippen LogP contribution in [-0.2, 0) is 0 Å². The normalized spacial score (nSPS) is 10.5. The molecule has 0 aromatic rings. The van der Waals surface area contributed by atoms with Gasteiger partial charge in [0.1, 0.15) is 0 Å². The van der Waals surface area contributed by atoms with Crippen molar-refractivity contribution in [3.05, 3.63) is 0 Å². The van der Waals surface area contributed by atoms with E-state index in [1.165, 1.54) is 0 Å². The van der Waals surface area contributed by atoms with Crippen LogP contribution in [0, 0.1) is 0 Å². The Bertz CT molecular complexity index is 40.9. The van der Waals surface area contributed by atoms with Crippen LogP contribution in [0.2, 0.25) is 0 Å². The number of likely N-dealkylation sites (N-methyl/N-ethyl adjacent to an activating group) is 1. The lowest BCUT2D eigenvalue weighted by molar-refractivity contribution is 0.326. The van der Waals surface area contributed by atoms with Gasteiger partial charge in [-0.05, 0) is 14.1 Å². The number of nitrogens with two attached hydrogens (primary N) is 1. The van der Waals surface area contributed by atoms with Gasteiger partial charge >= 0.3 is 0 Å². The molecule has 0 fully saturated rings. The summed E-state index contributed by atoms with van der Waals surface area (Å²) in [6.45, 7) is 2.61. The van der Waals surface area contributed by atoms with E-state index in [9.17, 15) is 0 Å². The predicted molar refractivity (Wildman–Crippen MR) is 35.6 cm³/mol. The smallest absolute Gasteiger partial charge is 0.0475 e. The first-order valence-electron chi connectivity index (χ1n) is 2.84. The molecule has 0 unspecified atom stereocenters. The van der Waals surface area contributed by atoms with Crippen LogP contribution in [0.4, 0.5) is 0 Å². The van der Waals surface area contributed by atoms with E-state index in [-0.39, 0.29) is 0 Å². The van der Waals surface area contributed by atoms with Crippen LogP contribution in [0.3, 0.4) is 0 Å². The van der Waals surface area contributed by atoms with Gasteiger partial charge < -0.3 is 11.1 Å². The average Bonchev–Trinajstić information content (AvgIpc) is 1.68. The van der Waals surface area contributed by atoms with Crippen LogP contribution < -0.4 is 11.1 Å². The molecule has 0 spiro atoms. The minimum absolute atomic E-state index is 0.734. The highest BCUT2D eigenvalue weighted by molar-refractivity contribution is 4.46. The van der Waals surface area contributed by atoms with Gasteiger partial charge in [0.15, 0.2) is 0 Å². The summed E-state index contributed by atoms with van der Waals surface area (Å²) in [6.07, 6.45) is 0. The van der Waals surface area contributed by atoms with Crippen molar-refractivity contribution in [3.63, 3.8) is 0 Å². The third-order valence-electron chi connectivity index (χ3n) is 0.939. The largest absolute Gasteiger partial charge is 0.329 e. The van der Waals surface area contributed by atoms with Crippen LogP contribution in [0.15, 0.2) is 0 Å². The highest BCUT2D eigenvalue weighted by atomic mass is 15.2. The van der Waals surface area contributed by atoms with Crippen LogP contribution in [-0.4, -0.2) is 38.8 Å². The minimum Gasteiger partial charge on any atom is -0.329 e. The molecule has 0 aliphatic rings. The summed E-state index contributed by atoms with van der Waals surface area (Å²) in [5, 5.41) is 3.02. The second kappa shape index (κ2) is 5.03. The highest BCUT2D eigenvalue weighted by Gasteiger charge is 1.89. The van der Waals surface area contributed by atoms with Crippen molar-refractivity contribution in [2.24, 2.45) is 5.73 Å². The Balaban J connectivity index is 2.92. The fourth-order valence-corrected chi connectivity index (χ4v) is 0.569. The summed E-state index contributed by atoms with van der Waals surface area (Å²) in [6, 6.07) is 0. The number of hydrogen-bond acceptors (Lipinski definition) is 3. The molecule has 0 rings (SSSR count). The lowest BCUT2D eigenvalue weighted by Crippen LogP contribution is -2.32. The third kappa shape index (κ3) is 4.05. The van der Waals surface area contributed by atoms with Crippen LogP contribution in [0.25, 0.3) is 0 Å². The van der Waals surface area contributed by atoms with Crippen molar-refractivity contribution in [2.45, 2.75) is 0 Å². The monoisotopic (exact) mass is 117 g/mol. The van der Waals surface area contributed by atoms with Gasteiger partial charge in [0.05, 0.1) is 0 Å². The van der Waals surface area contributed by atoms with Gasteiger partial charge in [0.25, 0.3) is 0 Å². The molecule has 50 valence electrons. The SMILES string of the molecule is CNCN(C)CCN. The second-order valence-electron chi connectivity index (χ2n) is 1.88. The Morgan fingerprint density at radius 1 is 1.62 bits per heavy atom. The molecule has 3 heteroatoms. The van der Waals surface area contributed by atoms with Crippen molar-refractivity contribution in [3.8, 4) is 0 Å². The third-order valence-corrected chi connectivity index (χ3v) is 0.939. The van der Waals surface area contributed by atoms with Crippen LogP contribution in [0.5, 0.6) is 0 Å². The molecule has 0 heterocycles. The van der Waals surface area contributed by atoms with Crippen molar-refractivity contribution < 1.29 is 0 Å². The molecule has 0 bridgehead atoms. The van der Waals surface area contributed by atoms with E-state index in [1.807, 2.05) is 14.1 Å². The summed E-state index contributed by atoms with van der Waals surface area (Å²) in [5.74, 6) is 0. The van der Waals surface area contributed by atoms with Gasteiger partial charge in [0.2, 0.25) is 0 Å². The van der Waals surface area contributed by atoms with Gasteiger partial charge in [-0.1, -0.05) is 0 Å². The lowest BCUT2D eigenvalue weighted by atomic mass is 10.6. The fraction of sp³-hybridized carbons (Fsp3) is 1.00. The zero-order valence-corrected chi connectivity index (χ0v) is 5.65. The van der Waals surface area contributed by atoms with E-state index in [0.717, 1.165) is 19.8 Å². The lowest BCUT2D eigenvalue weighted by Gasteiger charge is -2.13. The zero-order chi connectivity index (χ0) is 6.41. The van der Waals surface area contributed by atoms with E-state index in [0.29, 0.717) is 0 Å². The molecule has 3 nitrogen and oxygen atoms in total. The Morgan fingerprint density at radius 2 is 2.25 bits per heavy atom. The molecular formula is C5H15N3. The molecule has 8 heavy (non-hydrogen) atoms. The maximum absolute atomic E-state index is 5.29. The first kappa shape index (κ1) is 7.88. The highest BCUT2D eigenvalue weighted by Crippen LogP contribution is 1.71. The number of hydrogen-bond donors (Lipinski definition) is 2. The summed E-state index contributed by atoms with van der Waals surface area (Å²) < 4.78 is 0. The van der Waals surface area contributed by atoms with E-state index in [1.54, 1.807) is 0 Å². The molecule has 0 radical (unpaired) electrons. The van der Waals surface area contributed by atoms with Crippen LogP contribution >= 0.6 is 0 Å². The zero-order valence-electron chi connectivity index (χ0n) is 5.65. The Morgan fingerprint density at radius 3 is 2.62 bits per heavy atom.